The molecule has 0 aliphatic heterocycles. The summed E-state index contributed by atoms with van der Waals surface area (Å²) in [7, 11) is 0. The summed E-state index contributed by atoms with van der Waals surface area (Å²) in [5.41, 5.74) is 4.65. The van der Waals surface area contributed by atoms with Gasteiger partial charge in [-0.2, -0.15) is 5.10 Å². The fourth-order valence-electron chi connectivity index (χ4n) is 3.74. The lowest BCUT2D eigenvalue weighted by Crippen LogP contribution is -2.10. The molecule has 1 aliphatic carbocycles. The summed E-state index contributed by atoms with van der Waals surface area (Å²) in [6.07, 6.45) is 4.88. The van der Waals surface area contributed by atoms with Crippen molar-refractivity contribution >= 4 is 11.0 Å². The molecule has 1 aromatic carbocycles. The third-order valence-corrected chi connectivity index (χ3v) is 5.16. The van der Waals surface area contributed by atoms with Gasteiger partial charge in [0.1, 0.15) is 11.9 Å². The minimum absolute atomic E-state index is 0.669. The molecule has 0 amide bonds. The number of rotatable bonds is 5. The number of benzene rings is 1. The molecule has 0 bridgehead atoms. The van der Waals surface area contributed by atoms with Gasteiger partial charge in [-0.25, -0.2) is 9.67 Å². The van der Waals surface area contributed by atoms with Crippen molar-refractivity contribution in [1.82, 2.24) is 14.8 Å². The van der Waals surface area contributed by atoms with E-state index in [0.29, 0.717) is 12.3 Å². The van der Waals surface area contributed by atoms with E-state index < -0.39 is 6.10 Å². The van der Waals surface area contributed by atoms with E-state index in [1.807, 2.05) is 36.0 Å². The van der Waals surface area contributed by atoms with Crippen LogP contribution in [0.25, 0.3) is 11.0 Å². The third-order valence-electron chi connectivity index (χ3n) is 5.16. The van der Waals surface area contributed by atoms with Crippen LogP contribution in [0.1, 0.15) is 55.2 Å². The predicted octanol–water partition coefficient (Wildman–Crippen LogP) is 3.81. The van der Waals surface area contributed by atoms with Gasteiger partial charge in [-0.3, -0.25) is 0 Å². The molecule has 2 heterocycles. The molecule has 1 aliphatic rings. The Morgan fingerprint density at radius 3 is 2.88 bits per heavy atom. The van der Waals surface area contributed by atoms with E-state index in [4.69, 9.17) is 9.72 Å². The van der Waals surface area contributed by atoms with Crippen LogP contribution in [0.2, 0.25) is 0 Å². The summed E-state index contributed by atoms with van der Waals surface area (Å²) in [6, 6.07) is 8.09. The van der Waals surface area contributed by atoms with Crippen LogP contribution in [0, 0.1) is 0 Å². The van der Waals surface area contributed by atoms with E-state index in [-0.39, 0.29) is 0 Å². The fraction of sp³-hybridized carbons (Fsp3) is 0.429. The number of nitrogens with zero attached hydrogens (tertiary/aromatic N) is 3. The molecule has 1 atom stereocenters. The first-order chi connectivity index (χ1) is 12.7. The molecule has 0 radical (unpaired) electrons. The molecule has 5 nitrogen and oxygen atoms in total. The highest BCUT2D eigenvalue weighted by molar-refractivity contribution is 5.84. The van der Waals surface area contributed by atoms with E-state index in [9.17, 15) is 5.11 Å². The Labute approximate surface area is 153 Å². The number of aliphatic hydroxyl groups excluding tert-OH is 1. The Bertz CT molecular complexity index is 932. The second-order valence-electron chi connectivity index (χ2n) is 6.81. The smallest absolute Gasteiger partial charge is 0.161 e. The minimum Gasteiger partial charge on any atom is -0.492 e. The Balaban J connectivity index is 1.91. The largest absolute Gasteiger partial charge is 0.492 e. The van der Waals surface area contributed by atoms with Crippen molar-refractivity contribution < 1.29 is 9.84 Å². The van der Waals surface area contributed by atoms with Gasteiger partial charge in [0.25, 0.3) is 0 Å². The highest BCUT2D eigenvalue weighted by Gasteiger charge is 2.28. The number of pyridine rings is 1. The quantitative estimate of drug-likeness (QED) is 0.710. The molecule has 5 heteroatoms. The third kappa shape index (κ3) is 2.76. The Hall–Kier alpha value is -2.40. The van der Waals surface area contributed by atoms with Gasteiger partial charge in [0, 0.05) is 12.1 Å². The zero-order valence-electron chi connectivity index (χ0n) is 15.4. The second kappa shape index (κ2) is 7.08. The van der Waals surface area contributed by atoms with E-state index in [1.165, 1.54) is 5.56 Å². The molecule has 1 N–H and O–H groups in total. The van der Waals surface area contributed by atoms with Crippen LogP contribution < -0.4 is 4.74 Å². The van der Waals surface area contributed by atoms with Crippen molar-refractivity contribution in [3.63, 3.8) is 0 Å². The molecule has 3 aromatic rings. The number of aryl methyl sites for hydroxylation is 2. The molecule has 0 fully saturated rings. The van der Waals surface area contributed by atoms with Crippen LogP contribution in [0.4, 0.5) is 0 Å². The molecule has 2 aromatic heterocycles. The SMILES string of the molecule is CCCCOc1c2c(nc3c1cnn3CC)C(O)c1ccccc1CC2. The normalized spacial score (nSPS) is 16.2. The summed E-state index contributed by atoms with van der Waals surface area (Å²) in [5.74, 6) is 0.852. The van der Waals surface area contributed by atoms with Crippen molar-refractivity contribution in [3.05, 3.63) is 52.8 Å². The molecular weight excluding hydrogens is 326 g/mol. The molecule has 0 saturated carbocycles. The van der Waals surface area contributed by atoms with Crippen molar-refractivity contribution in [3.8, 4) is 5.75 Å². The van der Waals surface area contributed by atoms with Gasteiger partial charge in [-0.15, -0.1) is 0 Å². The number of aromatic nitrogens is 3. The fourth-order valence-corrected chi connectivity index (χ4v) is 3.74. The van der Waals surface area contributed by atoms with E-state index in [0.717, 1.165) is 60.1 Å². The topological polar surface area (TPSA) is 60.2 Å². The number of hydrogen-bond acceptors (Lipinski definition) is 4. The van der Waals surface area contributed by atoms with Gasteiger partial charge in [-0.05, 0) is 37.3 Å². The molecule has 0 saturated heterocycles. The molecular formula is C21H25N3O2. The van der Waals surface area contributed by atoms with Crippen LogP contribution in [0.15, 0.2) is 30.5 Å². The predicted molar refractivity (Wildman–Crippen MR) is 102 cm³/mol. The number of fused-ring (bicyclic) bond motifs is 3. The first-order valence-corrected chi connectivity index (χ1v) is 9.51. The maximum absolute atomic E-state index is 11.1. The summed E-state index contributed by atoms with van der Waals surface area (Å²) >= 11 is 0. The van der Waals surface area contributed by atoms with Crippen molar-refractivity contribution in [1.29, 1.82) is 0 Å². The number of hydrogen-bond donors (Lipinski definition) is 1. The lowest BCUT2D eigenvalue weighted by atomic mass is 10.0. The highest BCUT2D eigenvalue weighted by atomic mass is 16.5. The lowest BCUT2D eigenvalue weighted by Gasteiger charge is -2.17. The van der Waals surface area contributed by atoms with Crippen molar-refractivity contribution in [2.75, 3.05) is 6.61 Å². The average Bonchev–Trinajstić information content (AvgIpc) is 3.03. The maximum Gasteiger partial charge on any atom is 0.161 e. The molecule has 136 valence electrons. The lowest BCUT2D eigenvalue weighted by molar-refractivity contribution is 0.213. The standard InChI is InChI=1S/C21H25N3O2/c1-3-5-12-26-20-16-11-10-14-8-6-7-9-15(14)19(25)18(16)23-21-17(20)13-22-24(21)4-2/h6-9,13,19,25H,3-5,10-12H2,1-2H3. The van der Waals surface area contributed by atoms with Crippen LogP contribution in [0.5, 0.6) is 5.75 Å². The van der Waals surface area contributed by atoms with Crippen LogP contribution >= 0.6 is 0 Å². The van der Waals surface area contributed by atoms with Gasteiger partial charge < -0.3 is 9.84 Å². The maximum atomic E-state index is 11.1. The van der Waals surface area contributed by atoms with Gasteiger partial charge in [0.15, 0.2) is 5.65 Å². The van der Waals surface area contributed by atoms with Crippen molar-refractivity contribution in [2.45, 2.75) is 52.2 Å². The molecule has 1 unspecified atom stereocenters. The Morgan fingerprint density at radius 1 is 1.23 bits per heavy atom. The van der Waals surface area contributed by atoms with Crippen LogP contribution in [-0.2, 0) is 19.4 Å². The van der Waals surface area contributed by atoms with E-state index in [1.54, 1.807) is 0 Å². The monoisotopic (exact) mass is 351 g/mol. The Morgan fingerprint density at radius 2 is 2.08 bits per heavy atom. The van der Waals surface area contributed by atoms with E-state index in [2.05, 4.69) is 18.1 Å². The molecule has 0 spiro atoms. The number of ether oxygens (including phenoxy) is 1. The summed E-state index contributed by atoms with van der Waals surface area (Å²) < 4.78 is 8.08. The van der Waals surface area contributed by atoms with Gasteiger partial charge >= 0.3 is 0 Å². The van der Waals surface area contributed by atoms with Crippen LogP contribution in [-0.4, -0.2) is 26.5 Å². The van der Waals surface area contributed by atoms with Crippen molar-refractivity contribution in [2.24, 2.45) is 0 Å². The second-order valence-corrected chi connectivity index (χ2v) is 6.81. The molecule has 4 rings (SSSR count). The first-order valence-electron chi connectivity index (χ1n) is 9.51. The summed E-state index contributed by atoms with van der Waals surface area (Å²) in [6.45, 7) is 5.60. The summed E-state index contributed by atoms with van der Waals surface area (Å²) in [5, 5.41) is 16.5. The number of unbranched alkanes of at least 4 members (excludes halogenated alkanes) is 1. The summed E-state index contributed by atoms with van der Waals surface area (Å²) in [4.78, 5) is 4.85. The van der Waals surface area contributed by atoms with E-state index >= 15 is 0 Å². The van der Waals surface area contributed by atoms with Gasteiger partial charge in [0.2, 0.25) is 0 Å². The number of aliphatic hydroxyl groups is 1. The molecule has 26 heavy (non-hydrogen) atoms. The van der Waals surface area contributed by atoms with Crippen LogP contribution in [0.3, 0.4) is 0 Å². The van der Waals surface area contributed by atoms with Gasteiger partial charge in [0.05, 0.1) is 23.9 Å². The minimum atomic E-state index is -0.734. The zero-order chi connectivity index (χ0) is 18.1. The van der Waals surface area contributed by atoms with Gasteiger partial charge in [-0.1, -0.05) is 37.6 Å². The Kier molecular flexibility index (Phi) is 4.64. The zero-order valence-corrected chi connectivity index (χ0v) is 15.4. The average molecular weight is 351 g/mol. The highest BCUT2D eigenvalue weighted by Crippen LogP contribution is 2.39. The first kappa shape index (κ1) is 17.0.